The Balaban J connectivity index is 1.16. The summed E-state index contributed by atoms with van der Waals surface area (Å²) >= 11 is 0. The molecule has 0 amide bonds. The van der Waals surface area contributed by atoms with Crippen molar-refractivity contribution in [1.82, 2.24) is 14.9 Å². The smallest absolute Gasteiger partial charge is 0.191 e. The number of fused-ring (bicyclic) bond motifs is 8. The quantitative estimate of drug-likeness (QED) is 0.114. The normalized spacial score (nSPS) is 23.1. The third kappa shape index (κ3) is 7.03. The number of hydrogen-bond donors (Lipinski definition) is 6. The van der Waals surface area contributed by atoms with Gasteiger partial charge < -0.3 is 45.4 Å². The molecule has 0 unspecified atom stereocenters. The zero-order chi connectivity index (χ0) is 37.4. The van der Waals surface area contributed by atoms with Gasteiger partial charge in [-0.3, -0.25) is 4.79 Å². The van der Waals surface area contributed by atoms with E-state index in [1.807, 2.05) is 55.7 Å². The van der Waals surface area contributed by atoms with Crippen LogP contribution in [-0.2, 0) is 17.6 Å². The lowest BCUT2D eigenvalue weighted by molar-refractivity contribution is -0.121. The largest absolute Gasteiger partial charge is 0.465 e. The first-order chi connectivity index (χ1) is 26.2. The van der Waals surface area contributed by atoms with E-state index in [9.17, 15) is 20.1 Å². The highest BCUT2D eigenvalue weighted by Crippen LogP contribution is 2.50. The second kappa shape index (κ2) is 15.0. The van der Waals surface area contributed by atoms with Gasteiger partial charge in [0.15, 0.2) is 17.7 Å². The molecule has 1 saturated carbocycles. The summed E-state index contributed by atoms with van der Waals surface area (Å²) < 4.78 is 15.2. The van der Waals surface area contributed by atoms with Crippen LogP contribution in [0.3, 0.4) is 0 Å². The van der Waals surface area contributed by atoms with Gasteiger partial charge in [-0.1, -0.05) is 62.1 Å². The number of ketones is 1. The molecule has 0 radical (unpaired) electrons. The lowest BCUT2D eigenvalue weighted by Crippen LogP contribution is -2.35. The fourth-order valence-electron chi connectivity index (χ4n) is 8.76. The van der Waals surface area contributed by atoms with Crippen LogP contribution in [0.5, 0.6) is 11.5 Å². The summed E-state index contributed by atoms with van der Waals surface area (Å²) in [6.45, 7) is 1.98. The van der Waals surface area contributed by atoms with Crippen LogP contribution >= 0.6 is 0 Å². The number of aliphatic hydroxyl groups excluding tert-OH is 3. The molecule has 1 fully saturated rings. The summed E-state index contributed by atoms with van der Waals surface area (Å²) in [6, 6.07) is 9.57. The lowest BCUT2D eigenvalue weighted by Gasteiger charge is -2.35. The highest BCUT2D eigenvalue weighted by molar-refractivity contribution is 5.84. The molecule has 1 spiro atoms. The molecule has 10 heteroatoms. The average molecular weight is 729 g/mol. The van der Waals surface area contributed by atoms with Crippen LogP contribution in [0.15, 0.2) is 55.1 Å². The van der Waals surface area contributed by atoms with E-state index in [1.54, 1.807) is 0 Å². The van der Waals surface area contributed by atoms with Crippen molar-refractivity contribution >= 4 is 22.8 Å². The van der Waals surface area contributed by atoms with Crippen LogP contribution in [0.4, 0.5) is 0 Å². The van der Waals surface area contributed by atoms with E-state index in [1.165, 1.54) is 0 Å². The number of Topliss-reactive ketones (excluding diaryl/α,β-unsaturated/α-hetero) is 1. The summed E-state index contributed by atoms with van der Waals surface area (Å²) in [5.41, 5.74) is 12.5. The molecule has 5 heterocycles. The first kappa shape index (κ1) is 36.0. The maximum absolute atomic E-state index is 12.9. The molecule has 3 aliphatic heterocycles. The third-order valence-corrected chi connectivity index (χ3v) is 11.6. The molecule has 0 saturated heterocycles. The van der Waals surface area contributed by atoms with Gasteiger partial charge >= 0.3 is 0 Å². The molecule has 4 aliphatic rings. The Bertz CT molecular complexity index is 2210. The molecule has 8 rings (SSSR count). The number of ether oxygens (including phenoxy) is 2. The number of nitrogens with zero attached hydrogens (tertiary/aromatic N) is 1. The number of aromatic nitrogens is 2. The van der Waals surface area contributed by atoms with Gasteiger partial charge in [-0.2, -0.15) is 0 Å². The summed E-state index contributed by atoms with van der Waals surface area (Å²) in [6.07, 6.45) is 16.1. The standard InChI is InChI=1S/C44H48N4O6/c1-2-5-29(49)22-31(51)23-30(50)8-6-27-7-13-40-41(20-27)54-43-37(44(17-19-53-40)15-3-4-16-44)11-12-39(52)33-9-10-34-32(14-18-46-42(34)45)35(33)21-28-24-47-38-26-48(43)25-36(28)38/h7,9-10,13-14,18,20,24-26,29,31,37,39,42-43,46-47,49,51-52H,2-6,8,15-16,21-23,45H2,1H3/t29-,31+,37-,39-,42-,43-/m0/s1. The first-order valence-corrected chi connectivity index (χ1v) is 19.3. The fourth-order valence-corrected chi connectivity index (χ4v) is 8.76. The Morgan fingerprint density at radius 2 is 1.93 bits per heavy atom. The summed E-state index contributed by atoms with van der Waals surface area (Å²) in [4.78, 5) is 16.3. The Morgan fingerprint density at radius 1 is 1.09 bits per heavy atom. The molecule has 54 heavy (non-hydrogen) atoms. The van der Waals surface area contributed by atoms with Crippen molar-refractivity contribution in [3.8, 4) is 35.4 Å². The van der Waals surface area contributed by atoms with E-state index in [4.69, 9.17) is 15.2 Å². The van der Waals surface area contributed by atoms with Crippen LogP contribution in [0, 0.1) is 35.2 Å². The molecule has 4 aromatic rings. The summed E-state index contributed by atoms with van der Waals surface area (Å²) in [7, 11) is 0. The maximum atomic E-state index is 12.9. The monoisotopic (exact) mass is 728 g/mol. The minimum absolute atomic E-state index is 0.00837. The number of nitrogens with two attached hydrogens (primary N) is 1. The van der Waals surface area contributed by atoms with Crippen molar-refractivity contribution in [2.24, 2.45) is 17.1 Å². The molecule has 2 bridgehead atoms. The molecule has 7 N–H and O–H groups in total. The van der Waals surface area contributed by atoms with Crippen LogP contribution in [0.2, 0.25) is 0 Å². The molecule has 2 aromatic carbocycles. The number of aromatic amines is 1. The van der Waals surface area contributed by atoms with Gasteiger partial charge in [0, 0.05) is 43.2 Å². The van der Waals surface area contributed by atoms with Crippen molar-refractivity contribution in [1.29, 1.82) is 0 Å². The molecule has 280 valence electrons. The van der Waals surface area contributed by atoms with E-state index in [2.05, 4.69) is 51.1 Å². The average Bonchev–Trinajstić information content (AvgIpc) is 3.89. The fraction of sp³-hybridized carbons (Fsp3) is 0.432. The predicted octanol–water partition coefficient (Wildman–Crippen LogP) is 6.05. The van der Waals surface area contributed by atoms with Crippen molar-refractivity contribution < 1.29 is 29.6 Å². The van der Waals surface area contributed by atoms with E-state index in [0.717, 1.165) is 76.4 Å². The second-order valence-electron chi connectivity index (χ2n) is 15.4. The van der Waals surface area contributed by atoms with Crippen molar-refractivity contribution in [2.45, 2.75) is 108 Å². The highest BCUT2D eigenvalue weighted by atomic mass is 16.5. The van der Waals surface area contributed by atoms with Crippen molar-refractivity contribution in [2.75, 3.05) is 0 Å². The lowest BCUT2D eigenvalue weighted by atomic mass is 9.73. The Labute approximate surface area is 315 Å². The minimum atomic E-state index is -1.06. The van der Waals surface area contributed by atoms with E-state index >= 15 is 0 Å². The topological polar surface area (TPSA) is 155 Å². The van der Waals surface area contributed by atoms with E-state index in [0.29, 0.717) is 30.8 Å². The van der Waals surface area contributed by atoms with Gasteiger partial charge in [0.05, 0.1) is 29.1 Å². The first-order valence-electron chi connectivity index (χ1n) is 19.3. The summed E-state index contributed by atoms with van der Waals surface area (Å²) in [5, 5.41) is 36.6. The third-order valence-electron chi connectivity index (χ3n) is 11.6. The summed E-state index contributed by atoms with van der Waals surface area (Å²) in [5.74, 6) is 10.8. The Hall–Kier alpha value is -4.97. The van der Waals surface area contributed by atoms with Gasteiger partial charge in [-0.25, -0.2) is 0 Å². The van der Waals surface area contributed by atoms with Crippen LogP contribution in [0.25, 0.3) is 17.0 Å². The number of aryl methyl sites for hydroxylation is 1. The SMILES string of the molecule is CCC[C@H](O)C[C@@H](O)CC(=O)CCc1ccc2c(c1)O[C@H]1[C@H](C#C[C@H](O)c3ccc4c(c3Cc3c[nH]c5cn1cc35)C=CN[C@@H]4N)C1(C#CO2)CCCC1. The van der Waals surface area contributed by atoms with E-state index in [-0.39, 0.29) is 31.2 Å². The Kier molecular flexibility index (Phi) is 10.0. The van der Waals surface area contributed by atoms with Gasteiger partial charge in [0.2, 0.25) is 0 Å². The Morgan fingerprint density at radius 3 is 2.76 bits per heavy atom. The number of benzene rings is 2. The molecule has 2 aromatic heterocycles. The predicted molar refractivity (Wildman–Crippen MR) is 206 cm³/mol. The van der Waals surface area contributed by atoms with Gasteiger partial charge in [-0.15, -0.1) is 0 Å². The zero-order valence-corrected chi connectivity index (χ0v) is 30.6. The molecular formula is C44H48N4O6. The van der Waals surface area contributed by atoms with Crippen LogP contribution in [-0.4, -0.2) is 42.9 Å². The molecular weight excluding hydrogens is 681 g/mol. The van der Waals surface area contributed by atoms with Crippen LogP contribution < -0.4 is 20.5 Å². The molecule has 6 atom stereocenters. The van der Waals surface area contributed by atoms with Gasteiger partial charge in [0.1, 0.15) is 24.2 Å². The number of hydrogen-bond acceptors (Lipinski definition) is 8. The van der Waals surface area contributed by atoms with E-state index < -0.39 is 35.9 Å². The van der Waals surface area contributed by atoms with Crippen molar-refractivity contribution in [3.05, 3.63) is 88.5 Å². The molecule has 10 nitrogen and oxygen atoms in total. The highest BCUT2D eigenvalue weighted by Gasteiger charge is 2.46. The van der Waals surface area contributed by atoms with Gasteiger partial charge in [0.25, 0.3) is 0 Å². The minimum Gasteiger partial charge on any atom is -0.465 e. The number of carbonyl (C=O) groups excluding carboxylic acids is 1. The van der Waals surface area contributed by atoms with Gasteiger partial charge in [-0.05, 0) is 89.9 Å². The second-order valence-corrected chi connectivity index (χ2v) is 15.4. The number of nitrogens with one attached hydrogen (secondary N) is 2. The van der Waals surface area contributed by atoms with Crippen LogP contribution in [0.1, 0.15) is 117 Å². The zero-order valence-electron chi connectivity index (χ0n) is 30.6. The number of aliphatic hydroxyl groups is 3. The maximum Gasteiger partial charge on any atom is 0.191 e. The number of carbonyl (C=O) groups is 1. The molecule has 1 aliphatic carbocycles. The number of H-pyrrole nitrogens is 1. The van der Waals surface area contributed by atoms with Crippen molar-refractivity contribution in [3.63, 3.8) is 0 Å². The number of rotatable bonds is 9.